The highest BCUT2D eigenvalue weighted by molar-refractivity contribution is 7.09. The lowest BCUT2D eigenvalue weighted by atomic mass is 9.85. The molecule has 0 saturated heterocycles. The largest absolute Gasteiger partial charge is 0.308 e. The summed E-state index contributed by atoms with van der Waals surface area (Å²) in [6.45, 7) is 12.5. The van der Waals surface area contributed by atoms with Crippen molar-refractivity contribution in [2.24, 2.45) is 17.8 Å². The first-order valence-electron chi connectivity index (χ1n) is 6.15. The number of rotatable bonds is 6. The molecule has 0 aliphatic heterocycles. The highest BCUT2D eigenvalue weighted by atomic mass is 32.1. The first-order valence-corrected chi connectivity index (χ1v) is 7.03. The molecule has 16 heavy (non-hydrogen) atoms. The van der Waals surface area contributed by atoms with Crippen molar-refractivity contribution in [2.75, 3.05) is 6.54 Å². The van der Waals surface area contributed by atoms with Gasteiger partial charge in [0, 0.05) is 11.6 Å². The van der Waals surface area contributed by atoms with Gasteiger partial charge >= 0.3 is 0 Å². The lowest BCUT2D eigenvalue weighted by Crippen LogP contribution is -2.31. The predicted octanol–water partition coefficient (Wildman–Crippen LogP) is 3.72. The van der Waals surface area contributed by atoms with Crippen molar-refractivity contribution in [2.45, 2.75) is 40.7 Å². The van der Waals surface area contributed by atoms with E-state index < -0.39 is 0 Å². The molecule has 3 heteroatoms. The van der Waals surface area contributed by atoms with Gasteiger partial charge in [-0.2, -0.15) is 0 Å². The first kappa shape index (κ1) is 13.7. The van der Waals surface area contributed by atoms with Crippen LogP contribution in [0.2, 0.25) is 0 Å². The van der Waals surface area contributed by atoms with Crippen LogP contribution in [-0.4, -0.2) is 11.5 Å². The van der Waals surface area contributed by atoms with Gasteiger partial charge in [-0.25, -0.2) is 4.98 Å². The highest BCUT2D eigenvalue weighted by Gasteiger charge is 2.18. The van der Waals surface area contributed by atoms with Gasteiger partial charge in [0.2, 0.25) is 0 Å². The Morgan fingerprint density at radius 2 is 1.81 bits per heavy atom. The SMILES string of the molecule is CC(NCC(C(C)C)C(C)C)c1nccs1. The zero-order valence-electron chi connectivity index (χ0n) is 11.0. The molecular formula is C13H24N2S. The lowest BCUT2D eigenvalue weighted by molar-refractivity contribution is 0.268. The number of hydrogen-bond donors (Lipinski definition) is 1. The van der Waals surface area contributed by atoms with E-state index in [0.29, 0.717) is 6.04 Å². The lowest BCUT2D eigenvalue weighted by Gasteiger charge is -2.26. The third-order valence-electron chi connectivity index (χ3n) is 3.19. The summed E-state index contributed by atoms with van der Waals surface area (Å²) in [5, 5.41) is 6.82. The van der Waals surface area contributed by atoms with Gasteiger partial charge in [-0.1, -0.05) is 27.7 Å². The van der Waals surface area contributed by atoms with Gasteiger partial charge in [0.05, 0.1) is 6.04 Å². The van der Waals surface area contributed by atoms with Crippen molar-refractivity contribution in [3.63, 3.8) is 0 Å². The monoisotopic (exact) mass is 240 g/mol. The molecule has 0 saturated carbocycles. The molecule has 0 fully saturated rings. The summed E-state index contributed by atoms with van der Waals surface area (Å²) in [5.74, 6) is 2.20. The standard InChI is InChI=1S/C13H24N2S/c1-9(2)12(10(3)4)8-15-11(5)13-14-6-7-16-13/h6-7,9-12,15H,8H2,1-5H3. The molecule has 0 bridgehead atoms. The second-order valence-electron chi connectivity index (χ2n) is 5.15. The van der Waals surface area contributed by atoms with Crippen LogP contribution in [0.1, 0.15) is 45.7 Å². The smallest absolute Gasteiger partial charge is 0.109 e. The van der Waals surface area contributed by atoms with E-state index in [0.717, 1.165) is 24.3 Å². The molecule has 1 aromatic heterocycles. The fraction of sp³-hybridized carbons (Fsp3) is 0.769. The second-order valence-corrected chi connectivity index (χ2v) is 6.08. The Balaban J connectivity index is 2.43. The number of nitrogens with one attached hydrogen (secondary N) is 1. The molecule has 2 nitrogen and oxygen atoms in total. The Bertz CT molecular complexity index is 272. The van der Waals surface area contributed by atoms with E-state index in [1.165, 1.54) is 5.01 Å². The molecule has 1 rings (SSSR count). The van der Waals surface area contributed by atoms with Gasteiger partial charge in [-0.05, 0) is 31.2 Å². The Morgan fingerprint density at radius 3 is 2.25 bits per heavy atom. The van der Waals surface area contributed by atoms with E-state index in [4.69, 9.17) is 0 Å². The average molecular weight is 240 g/mol. The van der Waals surface area contributed by atoms with Crippen LogP contribution in [0.15, 0.2) is 11.6 Å². The van der Waals surface area contributed by atoms with Crippen molar-refractivity contribution >= 4 is 11.3 Å². The average Bonchev–Trinajstić information content (AvgIpc) is 2.69. The number of thiazole rings is 1. The van der Waals surface area contributed by atoms with Crippen LogP contribution in [0.5, 0.6) is 0 Å². The van der Waals surface area contributed by atoms with E-state index >= 15 is 0 Å². The maximum Gasteiger partial charge on any atom is 0.109 e. The molecule has 1 atom stereocenters. The van der Waals surface area contributed by atoms with Crippen LogP contribution < -0.4 is 5.32 Å². The molecule has 1 N–H and O–H groups in total. The molecule has 1 heterocycles. The fourth-order valence-electron chi connectivity index (χ4n) is 2.09. The van der Waals surface area contributed by atoms with Crippen LogP contribution in [0, 0.1) is 17.8 Å². The van der Waals surface area contributed by atoms with Crippen molar-refractivity contribution in [1.29, 1.82) is 0 Å². The highest BCUT2D eigenvalue weighted by Crippen LogP contribution is 2.21. The van der Waals surface area contributed by atoms with Gasteiger partial charge < -0.3 is 5.32 Å². The summed E-state index contributed by atoms with van der Waals surface area (Å²) in [4.78, 5) is 4.34. The van der Waals surface area contributed by atoms with E-state index in [1.807, 2.05) is 11.6 Å². The van der Waals surface area contributed by atoms with Crippen LogP contribution >= 0.6 is 11.3 Å². The Kier molecular flexibility index (Phi) is 5.42. The maximum atomic E-state index is 4.34. The van der Waals surface area contributed by atoms with E-state index in [9.17, 15) is 0 Å². The first-order chi connectivity index (χ1) is 7.52. The Hall–Kier alpha value is -0.410. The van der Waals surface area contributed by atoms with E-state index in [1.54, 1.807) is 11.3 Å². The van der Waals surface area contributed by atoms with Gasteiger partial charge in [0.25, 0.3) is 0 Å². The van der Waals surface area contributed by atoms with E-state index in [-0.39, 0.29) is 0 Å². The van der Waals surface area contributed by atoms with Crippen LogP contribution in [0.4, 0.5) is 0 Å². The van der Waals surface area contributed by atoms with Crippen molar-refractivity contribution in [3.05, 3.63) is 16.6 Å². The minimum absolute atomic E-state index is 0.375. The molecule has 0 aliphatic rings. The number of hydrogen-bond acceptors (Lipinski definition) is 3. The quantitative estimate of drug-likeness (QED) is 0.819. The van der Waals surface area contributed by atoms with Gasteiger partial charge in [-0.15, -0.1) is 11.3 Å². The molecule has 92 valence electrons. The minimum atomic E-state index is 0.375. The molecule has 1 unspecified atom stereocenters. The molecule has 0 spiro atoms. The van der Waals surface area contributed by atoms with Gasteiger partial charge in [0.15, 0.2) is 0 Å². The Labute approximate surface area is 103 Å². The topological polar surface area (TPSA) is 24.9 Å². The molecule has 0 aliphatic carbocycles. The van der Waals surface area contributed by atoms with Gasteiger partial charge in [0.1, 0.15) is 5.01 Å². The summed E-state index contributed by atoms with van der Waals surface area (Å²) >= 11 is 1.73. The zero-order valence-corrected chi connectivity index (χ0v) is 11.8. The summed E-state index contributed by atoms with van der Waals surface area (Å²) in [6, 6.07) is 0.375. The third kappa shape index (κ3) is 3.87. The molecule has 0 radical (unpaired) electrons. The fourth-order valence-corrected chi connectivity index (χ4v) is 2.76. The summed E-state index contributed by atoms with van der Waals surface area (Å²) in [7, 11) is 0. The number of nitrogens with zero attached hydrogens (tertiary/aromatic N) is 1. The van der Waals surface area contributed by atoms with Crippen LogP contribution in [0.3, 0.4) is 0 Å². The molecule has 0 amide bonds. The molecule has 1 aromatic rings. The van der Waals surface area contributed by atoms with Crippen molar-refractivity contribution in [3.8, 4) is 0 Å². The molecular weight excluding hydrogens is 216 g/mol. The second kappa shape index (κ2) is 6.36. The third-order valence-corrected chi connectivity index (χ3v) is 4.15. The van der Waals surface area contributed by atoms with Gasteiger partial charge in [-0.3, -0.25) is 0 Å². The predicted molar refractivity (Wildman–Crippen MR) is 71.7 cm³/mol. The normalized spacial score (nSPS) is 14.0. The summed E-state index contributed by atoms with van der Waals surface area (Å²) in [5.41, 5.74) is 0. The minimum Gasteiger partial charge on any atom is -0.308 e. The summed E-state index contributed by atoms with van der Waals surface area (Å²) in [6.07, 6.45) is 1.88. The van der Waals surface area contributed by atoms with Crippen molar-refractivity contribution < 1.29 is 0 Å². The van der Waals surface area contributed by atoms with Crippen LogP contribution in [-0.2, 0) is 0 Å². The zero-order chi connectivity index (χ0) is 12.1. The number of aromatic nitrogens is 1. The molecule has 0 aromatic carbocycles. The summed E-state index contributed by atoms with van der Waals surface area (Å²) < 4.78 is 0. The maximum absolute atomic E-state index is 4.34. The van der Waals surface area contributed by atoms with Crippen molar-refractivity contribution in [1.82, 2.24) is 10.3 Å². The Morgan fingerprint density at radius 1 is 1.19 bits per heavy atom. The van der Waals surface area contributed by atoms with E-state index in [2.05, 4.69) is 44.9 Å². The van der Waals surface area contributed by atoms with Crippen LogP contribution in [0.25, 0.3) is 0 Å².